The lowest BCUT2D eigenvalue weighted by Crippen LogP contribution is -2.11. The first-order valence-corrected chi connectivity index (χ1v) is 6.46. The van der Waals surface area contributed by atoms with E-state index in [0.29, 0.717) is 0 Å². The second-order valence-electron chi connectivity index (χ2n) is 3.42. The molecule has 1 N–H and O–H groups in total. The van der Waals surface area contributed by atoms with Crippen molar-refractivity contribution in [3.63, 3.8) is 0 Å². The summed E-state index contributed by atoms with van der Waals surface area (Å²) >= 11 is 7.62. The van der Waals surface area contributed by atoms with E-state index in [1.807, 2.05) is 24.3 Å². The molecule has 0 aliphatic carbocycles. The number of benzene rings is 1. The number of nitrogens with one attached hydrogen (secondary N) is 1. The number of rotatable bonds is 4. The Balaban J connectivity index is 2.18. The van der Waals surface area contributed by atoms with Gasteiger partial charge in [-0.05, 0) is 18.7 Å². The van der Waals surface area contributed by atoms with E-state index in [9.17, 15) is 0 Å². The zero-order chi connectivity index (χ0) is 11.4. The van der Waals surface area contributed by atoms with E-state index in [1.165, 1.54) is 0 Å². The quantitative estimate of drug-likeness (QED) is 0.900. The summed E-state index contributed by atoms with van der Waals surface area (Å²) in [7, 11) is 0. The van der Waals surface area contributed by atoms with Crippen LogP contribution in [0.15, 0.2) is 29.6 Å². The lowest BCUT2D eigenvalue weighted by atomic mass is 10.2. The number of thiazole rings is 1. The maximum Gasteiger partial charge on any atom is 0.107 e. The van der Waals surface area contributed by atoms with Crippen LogP contribution in [0, 0.1) is 0 Å². The molecule has 0 saturated carbocycles. The highest BCUT2D eigenvalue weighted by Gasteiger charge is 2.04. The molecule has 84 valence electrons. The molecular weight excluding hydrogens is 240 g/mol. The molecule has 4 heteroatoms. The van der Waals surface area contributed by atoms with Gasteiger partial charge in [0.25, 0.3) is 0 Å². The monoisotopic (exact) mass is 252 g/mol. The lowest BCUT2D eigenvalue weighted by molar-refractivity contribution is 0.723. The van der Waals surface area contributed by atoms with E-state index >= 15 is 0 Å². The Morgan fingerprint density at radius 3 is 3.06 bits per heavy atom. The van der Waals surface area contributed by atoms with Gasteiger partial charge in [-0.3, -0.25) is 0 Å². The van der Waals surface area contributed by atoms with Crippen LogP contribution in [0.5, 0.6) is 0 Å². The molecule has 1 aromatic heterocycles. The maximum atomic E-state index is 5.95. The fourth-order valence-corrected chi connectivity index (χ4v) is 2.37. The fraction of sp³-hybridized carbons (Fsp3) is 0.250. The van der Waals surface area contributed by atoms with Gasteiger partial charge in [-0.2, -0.15) is 0 Å². The fourth-order valence-electron chi connectivity index (χ4n) is 1.40. The molecular formula is C12H13ClN2S. The molecule has 0 atom stereocenters. The van der Waals surface area contributed by atoms with Crippen molar-refractivity contribution in [3.05, 3.63) is 39.7 Å². The summed E-state index contributed by atoms with van der Waals surface area (Å²) in [6.45, 7) is 3.89. The zero-order valence-corrected chi connectivity index (χ0v) is 10.6. The van der Waals surface area contributed by atoms with E-state index < -0.39 is 0 Å². The van der Waals surface area contributed by atoms with Crippen molar-refractivity contribution in [2.24, 2.45) is 0 Å². The SMILES string of the molecule is CCNCc1nc(-c2cccc(Cl)c2)cs1. The average Bonchev–Trinajstić information content (AvgIpc) is 2.75. The van der Waals surface area contributed by atoms with Crippen LogP contribution in [-0.4, -0.2) is 11.5 Å². The number of halogens is 1. The second-order valence-corrected chi connectivity index (χ2v) is 4.80. The summed E-state index contributed by atoms with van der Waals surface area (Å²) in [6.07, 6.45) is 0. The van der Waals surface area contributed by atoms with Gasteiger partial charge in [0.2, 0.25) is 0 Å². The van der Waals surface area contributed by atoms with Gasteiger partial charge in [0, 0.05) is 22.5 Å². The van der Waals surface area contributed by atoms with Crippen LogP contribution in [-0.2, 0) is 6.54 Å². The van der Waals surface area contributed by atoms with Gasteiger partial charge in [-0.25, -0.2) is 4.98 Å². The molecule has 2 nitrogen and oxygen atoms in total. The van der Waals surface area contributed by atoms with Gasteiger partial charge in [0.15, 0.2) is 0 Å². The summed E-state index contributed by atoms with van der Waals surface area (Å²) < 4.78 is 0. The van der Waals surface area contributed by atoms with Crippen LogP contribution in [0.4, 0.5) is 0 Å². The molecule has 1 heterocycles. The maximum absolute atomic E-state index is 5.95. The van der Waals surface area contributed by atoms with Gasteiger partial charge >= 0.3 is 0 Å². The second kappa shape index (κ2) is 5.43. The van der Waals surface area contributed by atoms with E-state index in [-0.39, 0.29) is 0 Å². The average molecular weight is 253 g/mol. The van der Waals surface area contributed by atoms with Crippen molar-refractivity contribution < 1.29 is 0 Å². The van der Waals surface area contributed by atoms with Gasteiger partial charge in [0.05, 0.1) is 5.69 Å². The van der Waals surface area contributed by atoms with E-state index in [4.69, 9.17) is 11.6 Å². The summed E-state index contributed by atoms with van der Waals surface area (Å²) in [5, 5.41) is 7.19. The summed E-state index contributed by atoms with van der Waals surface area (Å²) in [4.78, 5) is 4.56. The first kappa shape index (κ1) is 11.6. The Kier molecular flexibility index (Phi) is 3.93. The summed E-state index contributed by atoms with van der Waals surface area (Å²) in [5.74, 6) is 0. The molecule has 0 saturated heterocycles. The topological polar surface area (TPSA) is 24.9 Å². The Morgan fingerprint density at radius 1 is 1.44 bits per heavy atom. The molecule has 0 unspecified atom stereocenters. The van der Waals surface area contributed by atoms with Crippen LogP contribution in [0.2, 0.25) is 5.02 Å². The van der Waals surface area contributed by atoms with Gasteiger partial charge in [-0.1, -0.05) is 30.7 Å². The third kappa shape index (κ3) is 2.82. The smallest absolute Gasteiger partial charge is 0.107 e. The highest BCUT2D eigenvalue weighted by atomic mass is 35.5. The minimum Gasteiger partial charge on any atom is -0.311 e. The van der Waals surface area contributed by atoms with Crippen LogP contribution >= 0.6 is 22.9 Å². The molecule has 0 aliphatic rings. The molecule has 2 aromatic rings. The molecule has 16 heavy (non-hydrogen) atoms. The largest absolute Gasteiger partial charge is 0.311 e. The Labute approximate surface area is 104 Å². The number of hydrogen-bond donors (Lipinski definition) is 1. The molecule has 0 spiro atoms. The first-order chi connectivity index (χ1) is 7.79. The number of nitrogens with zero attached hydrogens (tertiary/aromatic N) is 1. The highest BCUT2D eigenvalue weighted by molar-refractivity contribution is 7.09. The predicted molar refractivity (Wildman–Crippen MR) is 69.9 cm³/mol. The van der Waals surface area contributed by atoms with Crippen molar-refractivity contribution in [1.29, 1.82) is 0 Å². The van der Waals surface area contributed by atoms with Gasteiger partial charge in [0.1, 0.15) is 5.01 Å². The van der Waals surface area contributed by atoms with Crippen LogP contribution in [0.3, 0.4) is 0 Å². The molecule has 0 amide bonds. The number of hydrogen-bond acceptors (Lipinski definition) is 3. The third-order valence-corrected chi connectivity index (χ3v) is 3.28. The van der Waals surface area contributed by atoms with Crippen molar-refractivity contribution >= 4 is 22.9 Å². The van der Waals surface area contributed by atoms with Gasteiger partial charge in [-0.15, -0.1) is 11.3 Å². The minimum absolute atomic E-state index is 0.749. The zero-order valence-electron chi connectivity index (χ0n) is 9.03. The summed E-state index contributed by atoms with van der Waals surface area (Å²) in [5.41, 5.74) is 2.08. The molecule has 0 bridgehead atoms. The molecule has 0 fully saturated rings. The minimum atomic E-state index is 0.749. The highest BCUT2D eigenvalue weighted by Crippen LogP contribution is 2.24. The van der Waals surface area contributed by atoms with Crippen molar-refractivity contribution in [2.75, 3.05) is 6.54 Å². The van der Waals surface area contributed by atoms with Crippen LogP contribution < -0.4 is 5.32 Å². The normalized spacial score (nSPS) is 10.6. The standard InChI is InChI=1S/C12H13ClN2S/c1-2-14-7-12-15-11(8-16-12)9-4-3-5-10(13)6-9/h3-6,8,14H,2,7H2,1H3. The van der Waals surface area contributed by atoms with Crippen molar-refractivity contribution in [3.8, 4) is 11.3 Å². The number of aromatic nitrogens is 1. The van der Waals surface area contributed by atoms with Crippen molar-refractivity contribution in [1.82, 2.24) is 10.3 Å². The van der Waals surface area contributed by atoms with Crippen molar-refractivity contribution in [2.45, 2.75) is 13.5 Å². The summed E-state index contributed by atoms with van der Waals surface area (Å²) in [6, 6.07) is 7.78. The Hall–Kier alpha value is -0.900. The van der Waals surface area contributed by atoms with E-state index in [2.05, 4.69) is 22.6 Å². The van der Waals surface area contributed by atoms with Gasteiger partial charge < -0.3 is 5.32 Å². The molecule has 1 aromatic carbocycles. The molecule has 0 aliphatic heterocycles. The predicted octanol–water partition coefficient (Wildman–Crippen LogP) is 3.57. The van der Waals surface area contributed by atoms with Crippen LogP contribution in [0.1, 0.15) is 11.9 Å². The molecule has 0 radical (unpaired) electrons. The third-order valence-electron chi connectivity index (χ3n) is 2.20. The van der Waals surface area contributed by atoms with E-state index in [1.54, 1.807) is 11.3 Å². The first-order valence-electron chi connectivity index (χ1n) is 5.20. The lowest BCUT2D eigenvalue weighted by Gasteiger charge is -1.97. The van der Waals surface area contributed by atoms with Crippen LogP contribution in [0.25, 0.3) is 11.3 Å². The Bertz CT molecular complexity index is 468. The van der Waals surface area contributed by atoms with E-state index in [0.717, 1.165) is 34.4 Å². The molecule has 2 rings (SSSR count). The Morgan fingerprint density at radius 2 is 2.31 bits per heavy atom.